The number of halogens is 1. The van der Waals surface area contributed by atoms with Crippen LogP contribution in [0.25, 0.3) is 0 Å². The minimum Gasteiger partial charge on any atom is -0.496 e. The summed E-state index contributed by atoms with van der Waals surface area (Å²) in [6.07, 6.45) is -0.0705. The molecule has 0 saturated carbocycles. The molecule has 2 amide bonds. The Balaban J connectivity index is 1.98. The Morgan fingerprint density at radius 1 is 1.20 bits per heavy atom. The van der Waals surface area contributed by atoms with E-state index in [2.05, 4.69) is 10.9 Å². The molecular formula is C16H14ClN3O5. The number of ether oxygens (including phenoxy) is 1. The molecule has 25 heavy (non-hydrogen) atoms. The third-order valence-electron chi connectivity index (χ3n) is 3.23. The number of benzene rings is 2. The number of hydrogen-bond donors (Lipinski definition) is 2. The Bertz CT molecular complexity index is 825. The molecule has 0 saturated heterocycles. The molecule has 2 rings (SSSR count). The van der Waals surface area contributed by atoms with Crippen molar-refractivity contribution in [2.75, 3.05) is 7.11 Å². The molecule has 8 nitrogen and oxygen atoms in total. The summed E-state index contributed by atoms with van der Waals surface area (Å²) in [4.78, 5) is 34.0. The van der Waals surface area contributed by atoms with E-state index in [1.54, 1.807) is 18.2 Å². The molecule has 0 unspecified atom stereocenters. The number of methoxy groups -OCH3 is 1. The van der Waals surface area contributed by atoms with E-state index < -0.39 is 16.7 Å². The monoisotopic (exact) mass is 363 g/mol. The highest BCUT2D eigenvalue weighted by molar-refractivity contribution is 6.30. The quantitative estimate of drug-likeness (QED) is 0.625. The van der Waals surface area contributed by atoms with Crippen molar-refractivity contribution in [3.63, 3.8) is 0 Å². The van der Waals surface area contributed by atoms with Crippen LogP contribution in [0.4, 0.5) is 5.69 Å². The van der Waals surface area contributed by atoms with Crippen molar-refractivity contribution in [2.24, 2.45) is 0 Å². The van der Waals surface area contributed by atoms with Crippen LogP contribution >= 0.6 is 11.6 Å². The summed E-state index contributed by atoms with van der Waals surface area (Å²) in [6.45, 7) is 0. The van der Waals surface area contributed by atoms with Crippen molar-refractivity contribution in [1.29, 1.82) is 0 Å². The van der Waals surface area contributed by atoms with E-state index in [1.165, 1.54) is 25.3 Å². The van der Waals surface area contributed by atoms with Gasteiger partial charge in [-0.05, 0) is 24.3 Å². The molecule has 0 aliphatic carbocycles. The lowest BCUT2D eigenvalue weighted by Crippen LogP contribution is -2.42. The van der Waals surface area contributed by atoms with E-state index in [1.807, 2.05) is 0 Å². The predicted octanol–water partition coefficient (Wildman–Crippen LogP) is 2.26. The number of hydrazine groups is 1. The summed E-state index contributed by atoms with van der Waals surface area (Å²) in [6, 6.07) is 10.0. The van der Waals surface area contributed by atoms with E-state index >= 15 is 0 Å². The topological polar surface area (TPSA) is 111 Å². The van der Waals surface area contributed by atoms with Crippen LogP contribution in [0.2, 0.25) is 5.02 Å². The van der Waals surface area contributed by atoms with Crippen LogP contribution < -0.4 is 15.6 Å². The second kappa shape index (κ2) is 8.11. The Labute approximate surface area is 147 Å². The largest absolute Gasteiger partial charge is 0.496 e. The lowest BCUT2D eigenvalue weighted by atomic mass is 10.1. The number of nitro groups is 1. The molecule has 0 aliphatic rings. The number of nitro benzene ring substituents is 1. The van der Waals surface area contributed by atoms with Crippen molar-refractivity contribution in [2.45, 2.75) is 6.42 Å². The molecule has 130 valence electrons. The first-order chi connectivity index (χ1) is 11.9. The smallest absolute Gasteiger partial charge is 0.270 e. The minimum atomic E-state index is -0.671. The number of rotatable bonds is 5. The molecule has 0 fully saturated rings. The van der Waals surface area contributed by atoms with Crippen LogP contribution in [-0.2, 0) is 11.2 Å². The Morgan fingerprint density at radius 3 is 2.64 bits per heavy atom. The highest BCUT2D eigenvalue weighted by Crippen LogP contribution is 2.22. The highest BCUT2D eigenvalue weighted by atomic mass is 35.5. The van der Waals surface area contributed by atoms with Crippen molar-refractivity contribution >= 4 is 29.1 Å². The van der Waals surface area contributed by atoms with Gasteiger partial charge >= 0.3 is 0 Å². The lowest BCUT2D eigenvalue weighted by molar-refractivity contribution is -0.384. The predicted molar refractivity (Wildman–Crippen MR) is 90.4 cm³/mol. The summed E-state index contributed by atoms with van der Waals surface area (Å²) in [5, 5.41) is 11.2. The maximum Gasteiger partial charge on any atom is 0.270 e. The number of carbonyl (C=O) groups excluding carboxylic acids is 2. The summed E-state index contributed by atoms with van der Waals surface area (Å²) < 4.78 is 5.14. The third-order valence-corrected chi connectivity index (χ3v) is 3.46. The zero-order valence-corrected chi connectivity index (χ0v) is 13.9. The molecular weight excluding hydrogens is 350 g/mol. The summed E-state index contributed by atoms with van der Waals surface area (Å²) in [5.74, 6) is -0.681. The van der Waals surface area contributed by atoms with E-state index in [-0.39, 0.29) is 17.7 Å². The average molecular weight is 364 g/mol. The second-order valence-corrected chi connectivity index (χ2v) is 5.38. The Kier molecular flexibility index (Phi) is 5.91. The summed E-state index contributed by atoms with van der Waals surface area (Å²) >= 11 is 5.89. The van der Waals surface area contributed by atoms with Gasteiger partial charge in [-0.1, -0.05) is 17.7 Å². The van der Waals surface area contributed by atoms with Crippen LogP contribution in [0.1, 0.15) is 15.9 Å². The molecule has 0 heterocycles. The maximum atomic E-state index is 12.0. The molecule has 2 aromatic carbocycles. The minimum absolute atomic E-state index is 0.0508. The molecule has 0 aliphatic heterocycles. The molecule has 9 heteroatoms. The summed E-state index contributed by atoms with van der Waals surface area (Å²) in [7, 11) is 1.47. The van der Waals surface area contributed by atoms with Gasteiger partial charge < -0.3 is 4.74 Å². The average Bonchev–Trinajstić information content (AvgIpc) is 2.60. The van der Waals surface area contributed by atoms with Gasteiger partial charge in [0.15, 0.2) is 0 Å². The van der Waals surface area contributed by atoms with Gasteiger partial charge in [-0.15, -0.1) is 0 Å². The lowest BCUT2D eigenvalue weighted by Gasteiger charge is -2.10. The van der Waals surface area contributed by atoms with E-state index in [9.17, 15) is 19.7 Å². The fraction of sp³-hybridized carbons (Fsp3) is 0.125. The van der Waals surface area contributed by atoms with E-state index in [0.29, 0.717) is 16.3 Å². The number of non-ortho nitro benzene ring substituents is 1. The molecule has 0 spiro atoms. The zero-order chi connectivity index (χ0) is 18.4. The van der Waals surface area contributed by atoms with Crippen LogP contribution in [-0.4, -0.2) is 23.8 Å². The standard InChI is InChI=1S/C16H14ClN3O5/c1-25-14-6-5-12(17)7-11(14)9-15(21)18-19-16(22)10-3-2-4-13(8-10)20(23)24/h2-8H,9H2,1H3,(H,18,21)(H,19,22). The Hall–Kier alpha value is -3.13. The maximum absolute atomic E-state index is 12.0. The molecule has 2 aromatic rings. The number of nitrogens with one attached hydrogen (secondary N) is 2. The van der Waals surface area contributed by atoms with Gasteiger partial charge in [0.05, 0.1) is 18.5 Å². The molecule has 0 radical (unpaired) electrons. The third kappa shape index (κ3) is 4.92. The van der Waals surface area contributed by atoms with Gasteiger partial charge in [0, 0.05) is 28.3 Å². The fourth-order valence-corrected chi connectivity index (χ4v) is 2.26. The molecule has 0 bridgehead atoms. The first-order valence-electron chi connectivity index (χ1n) is 7.06. The van der Waals surface area contributed by atoms with Crippen molar-refractivity contribution < 1.29 is 19.2 Å². The highest BCUT2D eigenvalue weighted by Gasteiger charge is 2.13. The molecule has 0 atom stereocenters. The number of amides is 2. The van der Waals surface area contributed by atoms with Crippen LogP contribution in [0, 0.1) is 10.1 Å². The Morgan fingerprint density at radius 2 is 1.96 bits per heavy atom. The molecule has 0 aromatic heterocycles. The zero-order valence-electron chi connectivity index (χ0n) is 13.1. The summed E-state index contributed by atoms with van der Waals surface area (Å²) in [5.41, 5.74) is 4.83. The van der Waals surface area contributed by atoms with Gasteiger partial charge in [0.25, 0.3) is 11.6 Å². The SMILES string of the molecule is COc1ccc(Cl)cc1CC(=O)NNC(=O)c1cccc([N+](=O)[O-])c1. The first-order valence-corrected chi connectivity index (χ1v) is 7.44. The number of nitrogens with zero attached hydrogens (tertiary/aromatic N) is 1. The van der Waals surface area contributed by atoms with Crippen LogP contribution in [0.5, 0.6) is 5.75 Å². The van der Waals surface area contributed by atoms with Gasteiger partial charge in [0.2, 0.25) is 5.91 Å². The van der Waals surface area contributed by atoms with Crippen LogP contribution in [0.15, 0.2) is 42.5 Å². The fourth-order valence-electron chi connectivity index (χ4n) is 2.06. The second-order valence-electron chi connectivity index (χ2n) is 4.94. The van der Waals surface area contributed by atoms with Gasteiger partial charge in [-0.2, -0.15) is 0 Å². The van der Waals surface area contributed by atoms with Gasteiger partial charge in [-0.25, -0.2) is 0 Å². The van der Waals surface area contributed by atoms with Crippen molar-refractivity contribution in [1.82, 2.24) is 10.9 Å². The van der Waals surface area contributed by atoms with Gasteiger partial charge in [-0.3, -0.25) is 30.6 Å². The van der Waals surface area contributed by atoms with E-state index in [0.717, 1.165) is 6.07 Å². The van der Waals surface area contributed by atoms with Crippen molar-refractivity contribution in [3.05, 3.63) is 68.7 Å². The first kappa shape index (κ1) is 18.2. The van der Waals surface area contributed by atoms with Gasteiger partial charge in [0.1, 0.15) is 5.75 Å². The van der Waals surface area contributed by atoms with E-state index in [4.69, 9.17) is 16.3 Å². The molecule has 2 N–H and O–H groups in total. The number of carbonyl (C=O) groups is 2. The number of hydrogen-bond acceptors (Lipinski definition) is 5. The van der Waals surface area contributed by atoms with Crippen molar-refractivity contribution in [3.8, 4) is 5.75 Å². The normalized spacial score (nSPS) is 10.0. The van der Waals surface area contributed by atoms with Crippen LogP contribution in [0.3, 0.4) is 0 Å².